The van der Waals surface area contributed by atoms with Crippen molar-refractivity contribution in [3.8, 4) is 11.4 Å². The molecule has 1 aromatic heterocycles. The number of hydrogen-bond donors (Lipinski definition) is 0. The zero-order valence-electron chi connectivity index (χ0n) is 12.7. The molecule has 0 spiro atoms. The molecule has 2 nitrogen and oxygen atoms in total. The SMILES string of the molecule is CCc1ccc(-c2ncc(CC3=CCCCC3)cn2)cc1. The smallest absolute Gasteiger partial charge is 0.159 e. The van der Waals surface area contributed by atoms with Crippen LogP contribution in [-0.2, 0) is 12.8 Å². The predicted octanol–water partition coefficient (Wildman–Crippen LogP) is 4.75. The van der Waals surface area contributed by atoms with Crippen molar-refractivity contribution < 1.29 is 0 Å². The van der Waals surface area contributed by atoms with Crippen molar-refractivity contribution in [2.75, 3.05) is 0 Å². The lowest BCUT2D eigenvalue weighted by Crippen LogP contribution is -1.98. The molecule has 0 N–H and O–H groups in total. The Labute approximate surface area is 127 Å². The van der Waals surface area contributed by atoms with Crippen molar-refractivity contribution in [3.05, 3.63) is 59.4 Å². The first kappa shape index (κ1) is 14.0. The molecule has 0 radical (unpaired) electrons. The fourth-order valence-electron chi connectivity index (χ4n) is 2.81. The molecule has 1 heterocycles. The Morgan fingerprint density at radius 2 is 1.71 bits per heavy atom. The maximum absolute atomic E-state index is 4.53. The first-order valence-corrected chi connectivity index (χ1v) is 7.93. The van der Waals surface area contributed by atoms with Crippen molar-refractivity contribution in [1.29, 1.82) is 0 Å². The molecule has 2 aromatic rings. The van der Waals surface area contributed by atoms with Crippen LogP contribution >= 0.6 is 0 Å². The largest absolute Gasteiger partial charge is 0.236 e. The maximum atomic E-state index is 4.53. The second-order valence-corrected chi connectivity index (χ2v) is 5.75. The van der Waals surface area contributed by atoms with Crippen molar-refractivity contribution in [2.24, 2.45) is 0 Å². The van der Waals surface area contributed by atoms with Gasteiger partial charge in [-0.3, -0.25) is 0 Å². The van der Waals surface area contributed by atoms with Crippen LogP contribution in [-0.4, -0.2) is 9.97 Å². The van der Waals surface area contributed by atoms with Gasteiger partial charge in [0.1, 0.15) is 0 Å². The van der Waals surface area contributed by atoms with Gasteiger partial charge < -0.3 is 0 Å². The van der Waals surface area contributed by atoms with E-state index in [0.29, 0.717) is 0 Å². The van der Waals surface area contributed by atoms with Gasteiger partial charge in [0.15, 0.2) is 5.82 Å². The van der Waals surface area contributed by atoms with Gasteiger partial charge in [-0.15, -0.1) is 0 Å². The van der Waals surface area contributed by atoms with Crippen molar-refractivity contribution in [1.82, 2.24) is 9.97 Å². The minimum Gasteiger partial charge on any atom is -0.236 e. The minimum absolute atomic E-state index is 0.819. The van der Waals surface area contributed by atoms with Gasteiger partial charge >= 0.3 is 0 Å². The fourth-order valence-corrected chi connectivity index (χ4v) is 2.81. The van der Waals surface area contributed by atoms with Crippen LogP contribution in [0.3, 0.4) is 0 Å². The van der Waals surface area contributed by atoms with E-state index < -0.39 is 0 Å². The summed E-state index contributed by atoms with van der Waals surface area (Å²) in [6.45, 7) is 2.17. The van der Waals surface area contributed by atoms with Gasteiger partial charge in [-0.25, -0.2) is 9.97 Å². The average Bonchev–Trinajstić information content (AvgIpc) is 2.57. The van der Waals surface area contributed by atoms with Crippen LogP contribution in [0.4, 0.5) is 0 Å². The number of allylic oxidation sites excluding steroid dienone is 2. The van der Waals surface area contributed by atoms with Crippen LogP contribution in [0.1, 0.15) is 43.7 Å². The van der Waals surface area contributed by atoms with Gasteiger partial charge in [0, 0.05) is 18.0 Å². The summed E-state index contributed by atoms with van der Waals surface area (Å²) >= 11 is 0. The normalized spacial score (nSPS) is 14.8. The van der Waals surface area contributed by atoms with E-state index in [2.05, 4.69) is 47.2 Å². The van der Waals surface area contributed by atoms with E-state index >= 15 is 0 Å². The highest BCUT2D eigenvalue weighted by atomic mass is 14.9. The molecule has 2 heteroatoms. The molecule has 1 aromatic carbocycles. The van der Waals surface area contributed by atoms with Crippen LogP contribution in [0.15, 0.2) is 48.3 Å². The third-order valence-electron chi connectivity index (χ3n) is 4.14. The summed E-state index contributed by atoms with van der Waals surface area (Å²) in [6.07, 6.45) is 13.6. The molecule has 1 aliphatic rings. The standard InChI is InChI=1S/C19H22N2/c1-2-15-8-10-18(11-9-15)19-20-13-17(14-21-19)12-16-6-4-3-5-7-16/h6,8-11,13-14H,2-5,7,12H2,1H3. The Kier molecular flexibility index (Phi) is 4.44. The summed E-state index contributed by atoms with van der Waals surface area (Å²) in [7, 11) is 0. The minimum atomic E-state index is 0.819. The highest BCUT2D eigenvalue weighted by Crippen LogP contribution is 2.21. The third-order valence-corrected chi connectivity index (χ3v) is 4.14. The molecule has 0 aliphatic heterocycles. The van der Waals surface area contributed by atoms with Gasteiger partial charge in [-0.05, 0) is 49.7 Å². The first-order chi connectivity index (χ1) is 10.3. The Bertz CT molecular complexity index is 609. The molecule has 21 heavy (non-hydrogen) atoms. The van der Waals surface area contributed by atoms with Crippen LogP contribution in [0.2, 0.25) is 0 Å². The quantitative estimate of drug-likeness (QED) is 0.754. The Morgan fingerprint density at radius 3 is 2.33 bits per heavy atom. The Hall–Kier alpha value is -1.96. The van der Waals surface area contributed by atoms with Crippen molar-refractivity contribution in [3.63, 3.8) is 0 Å². The molecule has 0 amide bonds. The van der Waals surface area contributed by atoms with Crippen molar-refractivity contribution >= 4 is 0 Å². The molecular weight excluding hydrogens is 256 g/mol. The number of nitrogens with zero attached hydrogens (tertiary/aromatic N) is 2. The van der Waals surface area contributed by atoms with E-state index in [1.165, 1.54) is 36.8 Å². The van der Waals surface area contributed by atoms with E-state index in [1.54, 1.807) is 5.57 Å². The van der Waals surface area contributed by atoms with E-state index in [1.807, 2.05) is 12.4 Å². The van der Waals surface area contributed by atoms with E-state index in [-0.39, 0.29) is 0 Å². The molecular formula is C19H22N2. The molecule has 108 valence electrons. The Balaban J connectivity index is 1.72. The van der Waals surface area contributed by atoms with Crippen LogP contribution < -0.4 is 0 Å². The van der Waals surface area contributed by atoms with E-state index in [9.17, 15) is 0 Å². The van der Waals surface area contributed by atoms with Gasteiger partial charge in [0.2, 0.25) is 0 Å². The first-order valence-electron chi connectivity index (χ1n) is 7.93. The summed E-state index contributed by atoms with van der Waals surface area (Å²) in [4.78, 5) is 9.06. The second-order valence-electron chi connectivity index (χ2n) is 5.75. The zero-order chi connectivity index (χ0) is 14.5. The number of benzene rings is 1. The molecule has 0 fully saturated rings. The predicted molar refractivity (Wildman–Crippen MR) is 87.1 cm³/mol. The Morgan fingerprint density at radius 1 is 0.952 bits per heavy atom. The summed E-state index contributed by atoms with van der Waals surface area (Å²) in [5, 5.41) is 0. The topological polar surface area (TPSA) is 25.8 Å². The highest BCUT2D eigenvalue weighted by molar-refractivity contribution is 5.55. The van der Waals surface area contributed by atoms with Gasteiger partial charge in [-0.2, -0.15) is 0 Å². The number of rotatable bonds is 4. The lowest BCUT2D eigenvalue weighted by molar-refractivity contribution is 0.687. The van der Waals surface area contributed by atoms with E-state index in [4.69, 9.17) is 0 Å². The van der Waals surface area contributed by atoms with Crippen molar-refractivity contribution in [2.45, 2.75) is 45.4 Å². The lowest BCUT2D eigenvalue weighted by Gasteiger charge is -2.12. The molecule has 0 atom stereocenters. The highest BCUT2D eigenvalue weighted by Gasteiger charge is 2.06. The fraction of sp³-hybridized carbons (Fsp3) is 0.368. The lowest BCUT2D eigenvalue weighted by atomic mass is 9.95. The third kappa shape index (κ3) is 3.57. The summed E-state index contributed by atoms with van der Waals surface area (Å²) < 4.78 is 0. The number of hydrogen-bond acceptors (Lipinski definition) is 2. The average molecular weight is 278 g/mol. The molecule has 3 rings (SSSR count). The summed E-state index contributed by atoms with van der Waals surface area (Å²) in [6, 6.07) is 8.52. The van der Waals surface area contributed by atoms with Gasteiger partial charge in [-0.1, -0.05) is 42.8 Å². The molecule has 0 unspecified atom stereocenters. The maximum Gasteiger partial charge on any atom is 0.159 e. The molecule has 1 aliphatic carbocycles. The second kappa shape index (κ2) is 6.66. The van der Waals surface area contributed by atoms with Gasteiger partial charge in [0.25, 0.3) is 0 Å². The van der Waals surface area contributed by atoms with E-state index in [0.717, 1.165) is 24.2 Å². The van der Waals surface area contributed by atoms with Gasteiger partial charge in [0.05, 0.1) is 0 Å². The molecule has 0 saturated carbocycles. The number of aromatic nitrogens is 2. The summed E-state index contributed by atoms with van der Waals surface area (Å²) in [5.74, 6) is 0.819. The number of aryl methyl sites for hydroxylation is 1. The van der Waals surface area contributed by atoms with Crippen LogP contribution in [0, 0.1) is 0 Å². The van der Waals surface area contributed by atoms with Crippen LogP contribution in [0.5, 0.6) is 0 Å². The monoisotopic (exact) mass is 278 g/mol. The molecule has 0 bridgehead atoms. The zero-order valence-corrected chi connectivity index (χ0v) is 12.7. The van der Waals surface area contributed by atoms with Crippen LogP contribution in [0.25, 0.3) is 11.4 Å². The molecule has 0 saturated heterocycles. The summed E-state index contributed by atoms with van der Waals surface area (Å²) in [5.41, 5.74) is 5.21.